The number of nitrogens with two attached hydrogens (primary N) is 1. The van der Waals surface area contributed by atoms with Crippen LogP contribution in [0.25, 0.3) is 11.1 Å². The first-order valence-electron chi connectivity index (χ1n) is 19.6. The number of nitrogen functional groups attached to an aromatic ring is 1. The van der Waals surface area contributed by atoms with E-state index in [4.69, 9.17) is 15.7 Å². The van der Waals surface area contributed by atoms with Crippen molar-refractivity contribution in [2.24, 2.45) is 0 Å². The topological polar surface area (TPSA) is 180 Å². The van der Waals surface area contributed by atoms with Gasteiger partial charge in [0.05, 0.1) is 11.6 Å². The molecule has 0 bridgehead atoms. The molecule has 3 heterocycles. The van der Waals surface area contributed by atoms with E-state index in [-0.39, 0.29) is 41.2 Å². The van der Waals surface area contributed by atoms with Crippen LogP contribution in [0.2, 0.25) is 0 Å². The quantitative estimate of drug-likeness (QED) is 0.0649. The predicted molar refractivity (Wildman–Crippen MR) is 221 cm³/mol. The van der Waals surface area contributed by atoms with Crippen LogP contribution in [0.4, 0.5) is 5.82 Å². The molecule has 1 fully saturated rings. The van der Waals surface area contributed by atoms with Crippen molar-refractivity contribution < 1.29 is 18.9 Å². The van der Waals surface area contributed by atoms with Gasteiger partial charge >= 0.3 is 11.8 Å². The van der Waals surface area contributed by atoms with Gasteiger partial charge in [-0.15, -0.1) is 0 Å². The summed E-state index contributed by atoms with van der Waals surface area (Å²) in [4.78, 5) is 46.9. The van der Waals surface area contributed by atoms with Crippen molar-refractivity contribution in [1.29, 1.82) is 5.41 Å². The van der Waals surface area contributed by atoms with Crippen LogP contribution in [0.15, 0.2) is 89.6 Å². The third kappa shape index (κ3) is 10.2. The number of benzene rings is 3. The van der Waals surface area contributed by atoms with Crippen molar-refractivity contribution in [2.75, 3.05) is 25.4 Å². The monoisotopic (exact) mass is 768 g/mol. The van der Waals surface area contributed by atoms with Crippen LogP contribution in [-0.2, 0) is 28.0 Å². The van der Waals surface area contributed by atoms with Crippen molar-refractivity contribution >= 4 is 29.8 Å². The van der Waals surface area contributed by atoms with Crippen LogP contribution >= 0.6 is 0 Å². The molecular formula is C45H52N8O4. The number of piperidine rings is 1. The Labute approximate surface area is 334 Å². The first-order chi connectivity index (χ1) is 27.4. The molecule has 5 N–H and O–H groups in total. The van der Waals surface area contributed by atoms with Crippen LogP contribution in [0.5, 0.6) is 0 Å². The molecule has 12 nitrogen and oxygen atoms in total. The molecule has 6 rings (SSSR count). The molecule has 0 aliphatic carbocycles. The minimum absolute atomic E-state index is 0.0764. The van der Waals surface area contributed by atoms with E-state index in [2.05, 4.69) is 79.2 Å². The minimum Gasteiger partial charge on any atom is -0.383 e. The molecule has 3 aromatic carbocycles. The Morgan fingerprint density at radius 1 is 0.982 bits per heavy atom. The lowest BCUT2D eigenvalue weighted by atomic mass is 9.86. The molecule has 0 radical (unpaired) electrons. The first-order valence-corrected chi connectivity index (χ1v) is 19.6. The number of anilines is 1. The zero-order valence-corrected chi connectivity index (χ0v) is 33.2. The van der Waals surface area contributed by atoms with Gasteiger partial charge in [0, 0.05) is 41.4 Å². The second-order valence-corrected chi connectivity index (χ2v) is 15.8. The molecule has 12 heteroatoms. The highest BCUT2D eigenvalue weighted by Gasteiger charge is 2.25. The fourth-order valence-electron chi connectivity index (χ4n) is 7.19. The van der Waals surface area contributed by atoms with Gasteiger partial charge in [0.15, 0.2) is 5.82 Å². The molecule has 3 amide bonds. The van der Waals surface area contributed by atoms with E-state index in [1.807, 2.05) is 58.0 Å². The fourth-order valence-corrected chi connectivity index (χ4v) is 7.19. The molecule has 1 saturated heterocycles. The first kappa shape index (κ1) is 40.6. The van der Waals surface area contributed by atoms with Gasteiger partial charge in [-0.3, -0.25) is 25.1 Å². The SMILES string of the molecule is CCCC(C(=O)NC=O)c1ccc(C2CCN(CCc3ccc(-c4cnc(N)c(C(=N)c5ccc(CNC(=O)c6nc(C(C)(C)C)no6)cc5)c4)cc3)CC2)cc1. The number of pyridine rings is 1. The van der Waals surface area contributed by atoms with Gasteiger partial charge in [0.1, 0.15) is 5.82 Å². The summed E-state index contributed by atoms with van der Waals surface area (Å²) in [5.74, 6) is 0.177. The molecule has 57 heavy (non-hydrogen) atoms. The normalized spacial score (nSPS) is 14.2. The van der Waals surface area contributed by atoms with Crippen LogP contribution in [0.1, 0.15) is 115 Å². The van der Waals surface area contributed by atoms with Crippen LogP contribution < -0.4 is 16.4 Å². The Kier molecular flexibility index (Phi) is 13.0. The number of hydrogen-bond acceptors (Lipinski definition) is 10. The molecule has 1 atom stereocenters. The Hall–Kier alpha value is -6.01. The Bertz CT molecular complexity index is 2170. The number of carbonyl (C=O) groups is 3. The highest BCUT2D eigenvalue weighted by molar-refractivity contribution is 6.13. The van der Waals surface area contributed by atoms with Crippen LogP contribution in [0, 0.1) is 5.41 Å². The summed E-state index contributed by atoms with van der Waals surface area (Å²) in [6, 6.07) is 26.2. The van der Waals surface area contributed by atoms with E-state index in [1.165, 1.54) is 11.1 Å². The van der Waals surface area contributed by atoms with E-state index in [0.29, 0.717) is 35.7 Å². The molecule has 1 unspecified atom stereocenters. The van der Waals surface area contributed by atoms with E-state index in [9.17, 15) is 14.4 Å². The fraction of sp³-hybridized carbons (Fsp3) is 0.356. The lowest BCUT2D eigenvalue weighted by molar-refractivity contribution is -0.126. The van der Waals surface area contributed by atoms with Crippen molar-refractivity contribution in [3.8, 4) is 11.1 Å². The number of nitrogens with zero attached hydrogens (tertiary/aromatic N) is 4. The minimum atomic E-state index is -0.446. The summed E-state index contributed by atoms with van der Waals surface area (Å²) in [5, 5.41) is 18.0. The van der Waals surface area contributed by atoms with Gasteiger partial charge in [-0.25, -0.2) is 4.98 Å². The maximum absolute atomic E-state index is 12.6. The Morgan fingerprint density at radius 2 is 1.67 bits per heavy atom. The third-order valence-corrected chi connectivity index (χ3v) is 10.7. The zero-order valence-electron chi connectivity index (χ0n) is 33.2. The second-order valence-electron chi connectivity index (χ2n) is 15.8. The number of imide groups is 1. The molecule has 1 aliphatic rings. The maximum Gasteiger partial charge on any atom is 0.315 e. The highest BCUT2D eigenvalue weighted by Crippen LogP contribution is 2.31. The number of hydrogen-bond donors (Lipinski definition) is 4. The number of amides is 3. The molecule has 296 valence electrons. The Morgan fingerprint density at radius 3 is 2.30 bits per heavy atom. The third-order valence-electron chi connectivity index (χ3n) is 10.7. The average Bonchev–Trinajstić information content (AvgIpc) is 3.74. The highest BCUT2D eigenvalue weighted by atomic mass is 16.5. The summed E-state index contributed by atoms with van der Waals surface area (Å²) >= 11 is 0. The molecule has 2 aromatic heterocycles. The van der Waals surface area contributed by atoms with Crippen molar-refractivity contribution in [1.82, 2.24) is 30.7 Å². The van der Waals surface area contributed by atoms with Gasteiger partial charge in [-0.05, 0) is 78.6 Å². The van der Waals surface area contributed by atoms with Gasteiger partial charge < -0.3 is 20.5 Å². The standard InChI is InChI=1S/C45H52N8O4/c1-5-6-37(41(55)50-28-54)34-17-15-31(16-18-34)33-20-23-53(24-21-33)22-19-29-7-11-32(12-8-29)36-25-38(40(47)48-27-36)39(46)35-13-9-30(10-14-35)26-49-42(56)43-51-44(52-57-43)45(2,3)4/h7-18,25,27-28,33,37,46H,5-6,19-24,26H2,1-4H3,(H2,47,48)(H,49,56)(H,50,54,55). The zero-order chi connectivity index (χ0) is 40.5. The number of carbonyl (C=O) groups excluding carboxylic acids is 3. The number of rotatable bonds is 15. The summed E-state index contributed by atoms with van der Waals surface area (Å²) in [6.45, 7) is 11.2. The number of likely N-dealkylation sites (tertiary alicyclic amines) is 1. The second kappa shape index (κ2) is 18.3. The number of aromatic nitrogens is 3. The van der Waals surface area contributed by atoms with Crippen LogP contribution in [0.3, 0.4) is 0 Å². The largest absolute Gasteiger partial charge is 0.383 e. The van der Waals surface area contributed by atoms with Gasteiger partial charge in [0.25, 0.3) is 0 Å². The van der Waals surface area contributed by atoms with E-state index in [0.717, 1.165) is 67.6 Å². The number of nitrogens with one attached hydrogen (secondary N) is 3. The lowest BCUT2D eigenvalue weighted by Crippen LogP contribution is -2.34. The maximum atomic E-state index is 12.6. The lowest BCUT2D eigenvalue weighted by Gasteiger charge is -2.32. The molecule has 0 saturated carbocycles. The van der Waals surface area contributed by atoms with Gasteiger partial charge in [-0.2, -0.15) is 4.98 Å². The van der Waals surface area contributed by atoms with Gasteiger partial charge in [-0.1, -0.05) is 112 Å². The summed E-state index contributed by atoms with van der Waals surface area (Å²) < 4.78 is 5.13. The smallest absolute Gasteiger partial charge is 0.315 e. The molecule has 0 spiro atoms. The van der Waals surface area contributed by atoms with Crippen molar-refractivity contribution in [3.05, 3.63) is 130 Å². The Balaban J connectivity index is 0.987. The van der Waals surface area contributed by atoms with Gasteiger partial charge in [0.2, 0.25) is 12.3 Å². The van der Waals surface area contributed by atoms with Crippen molar-refractivity contribution in [3.63, 3.8) is 0 Å². The predicted octanol–water partition coefficient (Wildman–Crippen LogP) is 6.94. The van der Waals surface area contributed by atoms with E-state index >= 15 is 0 Å². The van der Waals surface area contributed by atoms with E-state index < -0.39 is 5.91 Å². The molecule has 1 aliphatic heterocycles. The van der Waals surface area contributed by atoms with Crippen molar-refractivity contribution in [2.45, 2.75) is 83.6 Å². The summed E-state index contributed by atoms with van der Waals surface area (Å²) in [5.41, 5.74) is 13.7. The summed E-state index contributed by atoms with van der Waals surface area (Å²) in [7, 11) is 0. The average molecular weight is 769 g/mol. The van der Waals surface area contributed by atoms with E-state index in [1.54, 1.807) is 6.20 Å². The van der Waals surface area contributed by atoms with Crippen LogP contribution in [-0.4, -0.2) is 63.6 Å². The molecular weight excluding hydrogens is 717 g/mol. The summed E-state index contributed by atoms with van der Waals surface area (Å²) in [6.07, 6.45) is 6.91. The molecule has 5 aromatic rings.